The van der Waals surface area contributed by atoms with Crippen LogP contribution < -0.4 is 5.73 Å². The first-order valence-electron chi connectivity index (χ1n) is 4.65. The van der Waals surface area contributed by atoms with Crippen LogP contribution in [0.3, 0.4) is 0 Å². The van der Waals surface area contributed by atoms with Crippen molar-refractivity contribution in [3.63, 3.8) is 0 Å². The van der Waals surface area contributed by atoms with E-state index < -0.39 is 0 Å². The smallest absolute Gasteiger partial charge is 0.350 e. The molecule has 0 saturated carbocycles. The highest BCUT2D eigenvalue weighted by Gasteiger charge is 2.16. The molecule has 0 aliphatic carbocycles. The second-order valence-electron chi connectivity index (χ2n) is 3.32. The van der Waals surface area contributed by atoms with Crippen molar-refractivity contribution < 1.29 is 9.53 Å². The van der Waals surface area contributed by atoms with Crippen molar-refractivity contribution in [1.82, 2.24) is 0 Å². The van der Waals surface area contributed by atoms with Gasteiger partial charge in [0.1, 0.15) is 4.88 Å². The van der Waals surface area contributed by atoms with Gasteiger partial charge in [-0.2, -0.15) is 0 Å². The number of thiophene rings is 2. The summed E-state index contributed by atoms with van der Waals surface area (Å²) in [6.45, 7) is 2.04. The van der Waals surface area contributed by atoms with Gasteiger partial charge in [-0.1, -0.05) is 0 Å². The van der Waals surface area contributed by atoms with Crippen molar-refractivity contribution in [3.8, 4) is 9.75 Å². The Morgan fingerprint density at radius 2 is 2.25 bits per heavy atom. The van der Waals surface area contributed by atoms with Gasteiger partial charge in [0.2, 0.25) is 0 Å². The second-order valence-corrected chi connectivity index (χ2v) is 5.29. The first-order valence-corrected chi connectivity index (χ1v) is 6.35. The Kier molecular flexibility index (Phi) is 2.98. The molecule has 0 aliphatic rings. The van der Waals surface area contributed by atoms with Gasteiger partial charge in [0.15, 0.2) is 0 Å². The molecule has 3 nitrogen and oxygen atoms in total. The monoisotopic (exact) mass is 253 g/mol. The topological polar surface area (TPSA) is 52.3 Å². The largest absolute Gasteiger partial charge is 0.465 e. The van der Waals surface area contributed by atoms with E-state index in [4.69, 9.17) is 5.73 Å². The average molecular weight is 253 g/mol. The molecule has 0 saturated heterocycles. The molecule has 0 bridgehead atoms. The number of nitrogen functional groups attached to an aromatic ring is 1. The number of nitrogens with two attached hydrogens (primary N) is 1. The van der Waals surface area contributed by atoms with Crippen LogP contribution in [0.25, 0.3) is 9.75 Å². The summed E-state index contributed by atoms with van der Waals surface area (Å²) >= 11 is 3.02. The van der Waals surface area contributed by atoms with Crippen LogP contribution >= 0.6 is 22.7 Å². The number of carbonyl (C=O) groups is 1. The molecule has 0 unspecified atom stereocenters. The Balaban J connectivity index is 2.46. The van der Waals surface area contributed by atoms with Crippen molar-refractivity contribution in [2.24, 2.45) is 0 Å². The van der Waals surface area contributed by atoms with Crippen molar-refractivity contribution in [1.29, 1.82) is 0 Å². The van der Waals surface area contributed by atoms with E-state index in [1.807, 2.05) is 24.4 Å². The minimum Gasteiger partial charge on any atom is -0.465 e. The molecule has 2 aromatic heterocycles. The first-order chi connectivity index (χ1) is 7.63. The van der Waals surface area contributed by atoms with E-state index >= 15 is 0 Å². The van der Waals surface area contributed by atoms with Crippen molar-refractivity contribution >= 4 is 34.3 Å². The van der Waals surface area contributed by atoms with Gasteiger partial charge in [0.05, 0.1) is 12.8 Å². The van der Waals surface area contributed by atoms with Gasteiger partial charge >= 0.3 is 5.97 Å². The molecule has 2 N–H and O–H groups in total. The number of anilines is 1. The number of rotatable bonds is 2. The zero-order valence-electron chi connectivity index (χ0n) is 8.94. The van der Waals surface area contributed by atoms with E-state index in [0.717, 1.165) is 9.75 Å². The SMILES string of the molecule is COC(=O)c1sc(-c2sccc2C)cc1N. The van der Waals surface area contributed by atoms with E-state index in [1.54, 1.807) is 11.3 Å². The summed E-state index contributed by atoms with van der Waals surface area (Å²) in [4.78, 5) is 14.1. The lowest BCUT2D eigenvalue weighted by atomic mass is 10.2. The number of esters is 1. The van der Waals surface area contributed by atoms with E-state index in [9.17, 15) is 4.79 Å². The van der Waals surface area contributed by atoms with Crippen LogP contribution in [0.4, 0.5) is 5.69 Å². The fourth-order valence-corrected chi connectivity index (χ4v) is 3.50. The molecule has 16 heavy (non-hydrogen) atoms. The molecule has 5 heteroatoms. The number of hydrogen-bond donors (Lipinski definition) is 1. The van der Waals surface area contributed by atoms with E-state index in [-0.39, 0.29) is 5.97 Å². The Bertz CT molecular complexity index is 528. The predicted octanol–water partition coefficient (Wildman–Crippen LogP) is 3.15. The summed E-state index contributed by atoms with van der Waals surface area (Å²) in [6, 6.07) is 3.88. The fourth-order valence-electron chi connectivity index (χ4n) is 1.39. The number of aryl methyl sites for hydroxylation is 1. The van der Waals surface area contributed by atoms with Crippen LogP contribution in [-0.2, 0) is 4.74 Å². The zero-order valence-corrected chi connectivity index (χ0v) is 10.6. The Hall–Kier alpha value is -1.33. The first kappa shape index (κ1) is 11.2. The molecule has 0 atom stereocenters. The van der Waals surface area contributed by atoms with Gasteiger partial charge in [-0.25, -0.2) is 4.79 Å². The highest BCUT2D eigenvalue weighted by molar-refractivity contribution is 7.22. The molecule has 0 spiro atoms. The van der Waals surface area contributed by atoms with Crippen LogP contribution in [0, 0.1) is 6.92 Å². The molecule has 84 valence electrons. The molecule has 0 amide bonds. The van der Waals surface area contributed by atoms with Crippen LogP contribution in [0.15, 0.2) is 17.5 Å². The van der Waals surface area contributed by atoms with Crippen LogP contribution in [-0.4, -0.2) is 13.1 Å². The maximum absolute atomic E-state index is 11.4. The predicted molar refractivity (Wildman–Crippen MR) is 68.1 cm³/mol. The van der Waals surface area contributed by atoms with E-state index in [0.29, 0.717) is 10.6 Å². The molecular formula is C11H11NO2S2. The quantitative estimate of drug-likeness (QED) is 0.836. The van der Waals surface area contributed by atoms with Gasteiger partial charge in [-0.15, -0.1) is 22.7 Å². The fraction of sp³-hybridized carbons (Fsp3) is 0.182. The second kappa shape index (κ2) is 4.27. The standard InChI is InChI=1S/C11H11NO2S2/c1-6-3-4-15-9(6)8-5-7(12)10(16-8)11(13)14-2/h3-5H,12H2,1-2H3. The molecule has 0 fully saturated rings. The van der Waals surface area contributed by atoms with E-state index in [1.165, 1.54) is 24.0 Å². The lowest BCUT2D eigenvalue weighted by Gasteiger charge is -1.95. The Morgan fingerprint density at radius 3 is 2.81 bits per heavy atom. The third-order valence-corrected chi connectivity index (χ3v) is 4.54. The maximum Gasteiger partial charge on any atom is 0.350 e. The summed E-state index contributed by atoms with van der Waals surface area (Å²) in [7, 11) is 1.36. The lowest BCUT2D eigenvalue weighted by molar-refractivity contribution is 0.0607. The molecular weight excluding hydrogens is 242 g/mol. The summed E-state index contributed by atoms with van der Waals surface area (Å²) in [5.74, 6) is -0.372. The highest BCUT2D eigenvalue weighted by Crippen LogP contribution is 2.37. The third-order valence-electron chi connectivity index (χ3n) is 2.22. The van der Waals surface area contributed by atoms with Gasteiger partial charge < -0.3 is 10.5 Å². The maximum atomic E-state index is 11.4. The zero-order chi connectivity index (χ0) is 11.7. The van der Waals surface area contributed by atoms with Crippen LogP contribution in [0.5, 0.6) is 0 Å². The van der Waals surface area contributed by atoms with Crippen molar-refractivity contribution in [2.75, 3.05) is 12.8 Å². The normalized spacial score (nSPS) is 10.4. The highest BCUT2D eigenvalue weighted by atomic mass is 32.1. The Labute approximate surface area is 101 Å². The minimum absolute atomic E-state index is 0.372. The Morgan fingerprint density at radius 1 is 1.50 bits per heavy atom. The number of ether oxygens (including phenoxy) is 1. The van der Waals surface area contributed by atoms with Gasteiger partial charge in [-0.05, 0) is 30.0 Å². The number of hydrogen-bond acceptors (Lipinski definition) is 5. The summed E-state index contributed by atoms with van der Waals surface area (Å²) in [5, 5.41) is 2.03. The minimum atomic E-state index is -0.372. The van der Waals surface area contributed by atoms with Crippen LogP contribution in [0.1, 0.15) is 15.2 Å². The van der Waals surface area contributed by atoms with Gasteiger partial charge in [-0.3, -0.25) is 0 Å². The van der Waals surface area contributed by atoms with Gasteiger partial charge in [0.25, 0.3) is 0 Å². The van der Waals surface area contributed by atoms with Crippen molar-refractivity contribution in [3.05, 3.63) is 28.0 Å². The number of carbonyl (C=O) groups excluding carboxylic acids is 1. The van der Waals surface area contributed by atoms with Crippen LogP contribution in [0.2, 0.25) is 0 Å². The third kappa shape index (κ3) is 1.83. The summed E-state index contributed by atoms with van der Waals surface area (Å²) in [5.41, 5.74) is 7.47. The molecule has 2 heterocycles. The number of methoxy groups -OCH3 is 1. The summed E-state index contributed by atoms with van der Waals surface area (Å²) < 4.78 is 4.67. The molecule has 2 rings (SSSR count). The molecule has 0 aliphatic heterocycles. The van der Waals surface area contributed by atoms with Gasteiger partial charge in [0, 0.05) is 9.75 Å². The lowest BCUT2D eigenvalue weighted by Crippen LogP contribution is -2.00. The van der Waals surface area contributed by atoms with Crippen molar-refractivity contribution in [2.45, 2.75) is 6.92 Å². The average Bonchev–Trinajstić information content (AvgIpc) is 2.83. The molecule has 0 radical (unpaired) electrons. The molecule has 2 aromatic rings. The summed E-state index contributed by atoms with van der Waals surface area (Å²) in [6.07, 6.45) is 0. The van der Waals surface area contributed by atoms with E-state index in [2.05, 4.69) is 4.74 Å². The molecule has 0 aromatic carbocycles.